The van der Waals surface area contributed by atoms with Crippen LogP contribution in [0.3, 0.4) is 0 Å². The van der Waals surface area contributed by atoms with Gasteiger partial charge in [0.2, 0.25) is 0 Å². The van der Waals surface area contributed by atoms with Gasteiger partial charge in [-0.25, -0.2) is 0 Å². The highest BCUT2D eigenvalue weighted by Gasteiger charge is 2.16. The van der Waals surface area contributed by atoms with Gasteiger partial charge in [-0.3, -0.25) is 0 Å². The van der Waals surface area contributed by atoms with Crippen LogP contribution in [0.4, 0.5) is 0 Å². The number of aryl methyl sites for hydroxylation is 1. The summed E-state index contributed by atoms with van der Waals surface area (Å²) in [5.41, 5.74) is 1.37. The number of thioether (sulfide) groups is 1. The Balaban J connectivity index is 1.96. The van der Waals surface area contributed by atoms with Gasteiger partial charge in [0.05, 0.1) is 0 Å². The Morgan fingerprint density at radius 2 is 1.94 bits per heavy atom. The molecule has 2 rings (SSSR count). The van der Waals surface area contributed by atoms with E-state index in [2.05, 4.69) is 60.8 Å². The molecule has 2 unspecified atom stereocenters. The van der Waals surface area contributed by atoms with Crippen LogP contribution < -0.4 is 5.32 Å². The first kappa shape index (κ1) is 12.5. The normalized spacial score (nSPS) is 22.9. The van der Waals surface area contributed by atoms with Crippen LogP contribution in [-0.2, 0) is 0 Å². The maximum Gasteiger partial charge on any atom is 0.0321 e. The van der Waals surface area contributed by atoms with Crippen molar-refractivity contribution in [3.05, 3.63) is 54.1 Å². The van der Waals surface area contributed by atoms with Gasteiger partial charge in [0, 0.05) is 22.6 Å². The fraction of sp³-hybridized carbons (Fsp3) is 0.333. The van der Waals surface area contributed by atoms with Gasteiger partial charge in [-0.2, -0.15) is 0 Å². The SMILES string of the molecule is CNC1C=CC=CC1CSc1ccccc1C. The van der Waals surface area contributed by atoms with Crippen LogP contribution >= 0.6 is 11.8 Å². The molecule has 17 heavy (non-hydrogen) atoms. The van der Waals surface area contributed by atoms with Crippen molar-refractivity contribution in [2.24, 2.45) is 5.92 Å². The Morgan fingerprint density at radius 1 is 1.18 bits per heavy atom. The standard InChI is InChI=1S/C15H19NS/c1-12-7-3-6-10-15(12)17-11-13-8-4-5-9-14(13)16-2/h3-10,13-14,16H,11H2,1-2H3. The molecular formula is C15H19NS. The van der Waals surface area contributed by atoms with Crippen molar-refractivity contribution in [1.82, 2.24) is 5.32 Å². The van der Waals surface area contributed by atoms with Gasteiger partial charge in [-0.15, -0.1) is 11.8 Å². The van der Waals surface area contributed by atoms with Crippen molar-refractivity contribution < 1.29 is 0 Å². The fourth-order valence-corrected chi connectivity index (χ4v) is 3.19. The molecule has 2 atom stereocenters. The third-order valence-corrected chi connectivity index (χ3v) is 4.43. The molecule has 0 aliphatic heterocycles. The van der Waals surface area contributed by atoms with Gasteiger partial charge in [-0.05, 0) is 25.6 Å². The molecule has 0 bridgehead atoms. The van der Waals surface area contributed by atoms with Gasteiger partial charge < -0.3 is 5.32 Å². The maximum atomic E-state index is 3.35. The van der Waals surface area contributed by atoms with Crippen molar-refractivity contribution in [1.29, 1.82) is 0 Å². The molecule has 1 aromatic rings. The van der Waals surface area contributed by atoms with Crippen LogP contribution in [0.25, 0.3) is 0 Å². The molecule has 0 saturated carbocycles. The van der Waals surface area contributed by atoms with Crippen LogP contribution in [-0.4, -0.2) is 18.8 Å². The topological polar surface area (TPSA) is 12.0 Å². The summed E-state index contributed by atoms with van der Waals surface area (Å²) in [5, 5.41) is 3.35. The molecule has 1 aliphatic rings. The van der Waals surface area contributed by atoms with E-state index in [4.69, 9.17) is 0 Å². The Morgan fingerprint density at radius 3 is 2.71 bits per heavy atom. The number of likely N-dealkylation sites (N-methyl/N-ethyl adjacent to an activating group) is 1. The van der Waals surface area contributed by atoms with Crippen molar-refractivity contribution in [3.63, 3.8) is 0 Å². The van der Waals surface area contributed by atoms with Crippen LogP contribution in [0, 0.1) is 12.8 Å². The van der Waals surface area contributed by atoms with Gasteiger partial charge in [0.1, 0.15) is 0 Å². The molecule has 0 amide bonds. The van der Waals surface area contributed by atoms with E-state index >= 15 is 0 Å². The molecule has 1 aromatic carbocycles. The Labute approximate surface area is 108 Å². The smallest absolute Gasteiger partial charge is 0.0321 e. The second kappa shape index (κ2) is 6.08. The lowest BCUT2D eigenvalue weighted by molar-refractivity contribution is 0.545. The number of benzene rings is 1. The van der Waals surface area contributed by atoms with Gasteiger partial charge in [-0.1, -0.05) is 42.5 Å². The zero-order valence-electron chi connectivity index (χ0n) is 10.4. The summed E-state index contributed by atoms with van der Waals surface area (Å²) < 4.78 is 0. The summed E-state index contributed by atoms with van der Waals surface area (Å²) in [6.07, 6.45) is 8.81. The zero-order valence-corrected chi connectivity index (χ0v) is 11.2. The summed E-state index contributed by atoms with van der Waals surface area (Å²) in [7, 11) is 2.03. The molecular weight excluding hydrogens is 226 g/mol. The molecule has 2 heteroatoms. The minimum absolute atomic E-state index is 0.469. The quantitative estimate of drug-likeness (QED) is 0.816. The number of nitrogens with one attached hydrogen (secondary N) is 1. The van der Waals surface area contributed by atoms with E-state index in [1.807, 2.05) is 18.8 Å². The lowest BCUT2D eigenvalue weighted by atomic mass is 9.97. The molecule has 0 heterocycles. The van der Waals surface area contributed by atoms with Crippen LogP contribution in [0.1, 0.15) is 5.56 Å². The van der Waals surface area contributed by atoms with Crippen molar-refractivity contribution >= 4 is 11.8 Å². The van der Waals surface area contributed by atoms with Crippen LogP contribution in [0.15, 0.2) is 53.5 Å². The number of allylic oxidation sites excluding steroid dienone is 2. The van der Waals surface area contributed by atoms with Gasteiger partial charge in [0.25, 0.3) is 0 Å². The monoisotopic (exact) mass is 245 g/mol. The number of rotatable bonds is 4. The molecule has 0 saturated heterocycles. The van der Waals surface area contributed by atoms with E-state index in [-0.39, 0.29) is 0 Å². The summed E-state index contributed by atoms with van der Waals surface area (Å²) in [4.78, 5) is 1.39. The highest BCUT2D eigenvalue weighted by Crippen LogP contribution is 2.26. The van der Waals surface area contributed by atoms with E-state index in [1.165, 1.54) is 10.5 Å². The molecule has 1 aliphatic carbocycles. The zero-order chi connectivity index (χ0) is 12.1. The molecule has 1 nitrogen and oxygen atoms in total. The average molecular weight is 245 g/mol. The van der Waals surface area contributed by atoms with Gasteiger partial charge >= 0.3 is 0 Å². The summed E-state index contributed by atoms with van der Waals surface area (Å²) in [6, 6.07) is 9.06. The third kappa shape index (κ3) is 3.24. The first-order valence-electron chi connectivity index (χ1n) is 6.02. The van der Waals surface area contributed by atoms with E-state index in [0.29, 0.717) is 12.0 Å². The van der Waals surface area contributed by atoms with Gasteiger partial charge in [0.15, 0.2) is 0 Å². The molecule has 1 N–H and O–H groups in total. The molecule has 0 fully saturated rings. The van der Waals surface area contributed by atoms with Crippen LogP contribution in [0.5, 0.6) is 0 Å². The minimum atomic E-state index is 0.469. The van der Waals surface area contributed by atoms with E-state index in [9.17, 15) is 0 Å². The number of hydrogen-bond acceptors (Lipinski definition) is 2. The van der Waals surface area contributed by atoms with Crippen LogP contribution in [0.2, 0.25) is 0 Å². The highest BCUT2D eigenvalue weighted by atomic mass is 32.2. The molecule has 90 valence electrons. The Hall–Kier alpha value is -0.990. The summed E-state index contributed by atoms with van der Waals surface area (Å²) in [6.45, 7) is 2.18. The van der Waals surface area contributed by atoms with E-state index in [0.717, 1.165) is 5.75 Å². The predicted molar refractivity (Wildman–Crippen MR) is 76.5 cm³/mol. The maximum absolute atomic E-state index is 3.35. The number of hydrogen-bond donors (Lipinski definition) is 1. The Kier molecular flexibility index (Phi) is 4.46. The average Bonchev–Trinajstić information content (AvgIpc) is 2.38. The fourth-order valence-electron chi connectivity index (χ4n) is 2.03. The molecule has 0 radical (unpaired) electrons. The van der Waals surface area contributed by atoms with Crippen molar-refractivity contribution in [2.75, 3.05) is 12.8 Å². The summed E-state index contributed by atoms with van der Waals surface area (Å²) >= 11 is 1.95. The van der Waals surface area contributed by atoms with E-state index < -0.39 is 0 Å². The first-order chi connectivity index (χ1) is 8.31. The Bertz CT molecular complexity index is 423. The second-order valence-electron chi connectivity index (χ2n) is 4.32. The molecule has 0 aromatic heterocycles. The van der Waals surface area contributed by atoms with Crippen molar-refractivity contribution in [2.45, 2.75) is 17.9 Å². The first-order valence-corrected chi connectivity index (χ1v) is 7.00. The highest BCUT2D eigenvalue weighted by molar-refractivity contribution is 7.99. The minimum Gasteiger partial charge on any atom is -0.313 e. The predicted octanol–water partition coefficient (Wildman–Crippen LogP) is 3.42. The lowest BCUT2D eigenvalue weighted by Crippen LogP contribution is -2.33. The lowest BCUT2D eigenvalue weighted by Gasteiger charge is -2.23. The van der Waals surface area contributed by atoms with Crippen molar-refractivity contribution in [3.8, 4) is 0 Å². The second-order valence-corrected chi connectivity index (χ2v) is 5.39. The van der Waals surface area contributed by atoms with E-state index in [1.54, 1.807) is 0 Å². The third-order valence-electron chi connectivity index (χ3n) is 3.11. The molecule has 0 spiro atoms. The largest absolute Gasteiger partial charge is 0.313 e. The summed E-state index contributed by atoms with van der Waals surface area (Å²) in [5.74, 6) is 1.70.